The molecule has 0 saturated heterocycles. The molecule has 5 aromatic carbocycles. The van der Waals surface area contributed by atoms with E-state index in [0.29, 0.717) is 5.92 Å². The Balaban J connectivity index is 1.50. The van der Waals surface area contributed by atoms with Gasteiger partial charge in [0.1, 0.15) is 0 Å². The maximum atomic E-state index is 2.60. The normalized spacial score (nSPS) is 15.7. The SMILES string of the molecule is Cc1ccc(N2c3cc(C)ccc3B3c4cccc(C)c4N(c4ccccc4)c4cc(C5CCCCC5)cc2c43)c(C)c1. The highest BCUT2D eigenvalue weighted by Crippen LogP contribution is 2.47. The molecule has 212 valence electrons. The van der Waals surface area contributed by atoms with Gasteiger partial charge in [-0.3, -0.25) is 0 Å². The van der Waals surface area contributed by atoms with E-state index in [9.17, 15) is 0 Å². The van der Waals surface area contributed by atoms with Crippen molar-refractivity contribution in [1.29, 1.82) is 0 Å². The van der Waals surface area contributed by atoms with Crippen LogP contribution in [0.15, 0.2) is 97.1 Å². The number of hydrogen-bond acceptors (Lipinski definition) is 2. The average molecular weight is 559 g/mol. The highest BCUT2D eigenvalue weighted by Gasteiger charge is 2.44. The summed E-state index contributed by atoms with van der Waals surface area (Å²) in [5.41, 5.74) is 18.8. The van der Waals surface area contributed by atoms with Crippen molar-refractivity contribution in [3.8, 4) is 0 Å². The van der Waals surface area contributed by atoms with E-state index in [4.69, 9.17) is 0 Å². The number of nitrogens with zero attached hydrogens (tertiary/aromatic N) is 2. The van der Waals surface area contributed by atoms with Gasteiger partial charge in [-0.2, -0.15) is 0 Å². The summed E-state index contributed by atoms with van der Waals surface area (Å²) in [6.45, 7) is 9.17. The van der Waals surface area contributed by atoms with Crippen LogP contribution in [0.1, 0.15) is 65.8 Å². The minimum Gasteiger partial charge on any atom is -0.311 e. The summed E-state index contributed by atoms with van der Waals surface area (Å²) in [5, 5.41) is 0. The third-order valence-electron chi connectivity index (χ3n) is 10.2. The van der Waals surface area contributed by atoms with Gasteiger partial charge in [0.05, 0.1) is 0 Å². The Morgan fingerprint density at radius 2 is 1.28 bits per heavy atom. The Hall–Kier alpha value is -4.24. The number of rotatable bonds is 3. The van der Waals surface area contributed by atoms with Crippen LogP contribution in [0.5, 0.6) is 0 Å². The minimum absolute atomic E-state index is 0.179. The minimum atomic E-state index is 0.179. The molecule has 0 radical (unpaired) electrons. The van der Waals surface area contributed by atoms with Crippen LogP contribution in [-0.4, -0.2) is 6.71 Å². The molecule has 8 rings (SSSR count). The van der Waals surface area contributed by atoms with Crippen LogP contribution in [-0.2, 0) is 0 Å². The van der Waals surface area contributed by atoms with Gasteiger partial charge in [0.2, 0.25) is 0 Å². The second-order valence-electron chi connectivity index (χ2n) is 13.1. The predicted octanol–water partition coefficient (Wildman–Crippen LogP) is 9.05. The van der Waals surface area contributed by atoms with E-state index in [1.54, 1.807) is 0 Å². The topological polar surface area (TPSA) is 6.48 Å². The first-order chi connectivity index (χ1) is 21.0. The fourth-order valence-corrected chi connectivity index (χ4v) is 8.18. The third kappa shape index (κ3) is 4.16. The van der Waals surface area contributed by atoms with Crippen molar-refractivity contribution in [3.05, 3.63) is 125 Å². The van der Waals surface area contributed by atoms with E-state index >= 15 is 0 Å². The quantitative estimate of drug-likeness (QED) is 0.200. The van der Waals surface area contributed by atoms with Crippen molar-refractivity contribution in [2.75, 3.05) is 9.80 Å². The molecular weight excluding hydrogens is 519 g/mol. The first-order valence-electron chi connectivity index (χ1n) is 16.1. The van der Waals surface area contributed by atoms with Crippen molar-refractivity contribution in [1.82, 2.24) is 0 Å². The number of para-hydroxylation sites is 2. The van der Waals surface area contributed by atoms with Gasteiger partial charge in [-0.25, -0.2) is 0 Å². The molecule has 0 unspecified atom stereocenters. The highest BCUT2D eigenvalue weighted by molar-refractivity contribution is 7.00. The lowest BCUT2D eigenvalue weighted by Gasteiger charge is -2.45. The molecule has 0 atom stereocenters. The zero-order chi connectivity index (χ0) is 29.2. The molecule has 0 N–H and O–H groups in total. The van der Waals surface area contributed by atoms with E-state index < -0.39 is 0 Å². The van der Waals surface area contributed by atoms with E-state index in [1.807, 2.05) is 0 Å². The molecule has 2 heterocycles. The summed E-state index contributed by atoms with van der Waals surface area (Å²) in [6.07, 6.45) is 6.57. The van der Waals surface area contributed by atoms with Crippen molar-refractivity contribution < 1.29 is 0 Å². The smallest absolute Gasteiger partial charge is 0.252 e. The van der Waals surface area contributed by atoms with E-state index in [1.165, 1.54) is 110 Å². The van der Waals surface area contributed by atoms with Crippen LogP contribution in [0, 0.1) is 27.7 Å². The molecule has 5 aromatic rings. The lowest BCUT2D eigenvalue weighted by atomic mass is 9.33. The summed E-state index contributed by atoms with van der Waals surface area (Å²) < 4.78 is 0. The standard InChI is InChI=1S/C40H39BN2/c1-26-19-21-35(29(4)22-26)43-36-23-27(2)18-20-33(36)41-34-17-11-12-28(3)40(34)42(32-15-9-6-10-16-32)37-24-31(25-38(43)39(37)41)30-13-7-5-8-14-30/h6,9-12,15-25,30H,5,7-8,13-14H2,1-4H3. The molecule has 0 spiro atoms. The van der Waals surface area contributed by atoms with Crippen LogP contribution >= 0.6 is 0 Å². The average Bonchev–Trinajstić information content (AvgIpc) is 3.02. The molecule has 1 aliphatic carbocycles. The molecule has 0 amide bonds. The molecule has 2 aliphatic heterocycles. The Morgan fingerprint density at radius 1 is 0.558 bits per heavy atom. The number of benzene rings is 5. The molecule has 3 heteroatoms. The molecule has 0 bridgehead atoms. The number of hydrogen-bond donors (Lipinski definition) is 0. The summed E-state index contributed by atoms with van der Waals surface area (Å²) in [6, 6.07) is 37.2. The van der Waals surface area contributed by atoms with Crippen molar-refractivity contribution in [2.45, 2.75) is 65.7 Å². The zero-order valence-electron chi connectivity index (χ0n) is 25.8. The van der Waals surface area contributed by atoms with Gasteiger partial charge in [-0.05, 0) is 121 Å². The maximum absolute atomic E-state index is 2.60. The van der Waals surface area contributed by atoms with Crippen LogP contribution in [0.25, 0.3) is 0 Å². The molecule has 1 saturated carbocycles. The van der Waals surface area contributed by atoms with Crippen molar-refractivity contribution in [3.63, 3.8) is 0 Å². The van der Waals surface area contributed by atoms with Crippen molar-refractivity contribution in [2.24, 2.45) is 0 Å². The van der Waals surface area contributed by atoms with Gasteiger partial charge in [0, 0.05) is 34.1 Å². The summed E-state index contributed by atoms with van der Waals surface area (Å²) in [7, 11) is 0. The first-order valence-corrected chi connectivity index (χ1v) is 16.1. The van der Waals surface area contributed by atoms with Gasteiger partial charge in [-0.15, -0.1) is 0 Å². The Bertz CT molecular complexity index is 1870. The highest BCUT2D eigenvalue weighted by atomic mass is 15.2. The number of aryl methyl sites for hydroxylation is 4. The fourth-order valence-electron chi connectivity index (χ4n) is 8.18. The molecule has 2 nitrogen and oxygen atoms in total. The Labute approximate surface area is 257 Å². The first kappa shape index (κ1) is 26.4. The third-order valence-corrected chi connectivity index (χ3v) is 10.2. The molecule has 0 aromatic heterocycles. The number of anilines is 6. The summed E-state index contributed by atoms with van der Waals surface area (Å²) in [5.74, 6) is 0.601. The molecule has 3 aliphatic rings. The fraction of sp³-hybridized carbons (Fsp3) is 0.250. The number of fused-ring (bicyclic) bond motifs is 4. The second-order valence-corrected chi connectivity index (χ2v) is 13.1. The lowest BCUT2D eigenvalue weighted by Crippen LogP contribution is -2.61. The second kappa shape index (κ2) is 10.2. The van der Waals surface area contributed by atoms with E-state index in [-0.39, 0.29) is 6.71 Å². The van der Waals surface area contributed by atoms with Gasteiger partial charge in [0.25, 0.3) is 6.71 Å². The zero-order valence-corrected chi connectivity index (χ0v) is 25.8. The maximum Gasteiger partial charge on any atom is 0.252 e. The van der Waals surface area contributed by atoms with Crippen molar-refractivity contribution >= 4 is 57.2 Å². The van der Waals surface area contributed by atoms with Crippen LogP contribution in [0.2, 0.25) is 0 Å². The predicted molar refractivity (Wildman–Crippen MR) is 185 cm³/mol. The molecular formula is C40H39BN2. The summed E-state index contributed by atoms with van der Waals surface area (Å²) >= 11 is 0. The molecule has 1 fully saturated rings. The summed E-state index contributed by atoms with van der Waals surface area (Å²) in [4.78, 5) is 5.18. The van der Waals surface area contributed by atoms with Gasteiger partial charge < -0.3 is 9.80 Å². The van der Waals surface area contributed by atoms with Crippen LogP contribution < -0.4 is 26.2 Å². The lowest BCUT2D eigenvalue weighted by molar-refractivity contribution is 0.444. The Kier molecular flexibility index (Phi) is 6.26. The van der Waals surface area contributed by atoms with Gasteiger partial charge in [0.15, 0.2) is 0 Å². The monoisotopic (exact) mass is 558 g/mol. The van der Waals surface area contributed by atoms with Crippen LogP contribution in [0.4, 0.5) is 34.1 Å². The Morgan fingerprint density at radius 3 is 2.05 bits per heavy atom. The van der Waals surface area contributed by atoms with E-state index in [2.05, 4.69) is 135 Å². The largest absolute Gasteiger partial charge is 0.311 e. The van der Waals surface area contributed by atoms with Crippen LogP contribution in [0.3, 0.4) is 0 Å². The van der Waals surface area contributed by atoms with Gasteiger partial charge in [-0.1, -0.05) is 85.5 Å². The van der Waals surface area contributed by atoms with E-state index in [0.717, 1.165) is 0 Å². The van der Waals surface area contributed by atoms with Gasteiger partial charge >= 0.3 is 0 Å². The molecule has 43 heavy (non-hydrogen) atoms.